The van der Waals surface area contributed by atoms with Gasteiger partial charge in [0.25, 0.3) is 0 Å². The second-order valence-electron chi connectivity index (χ2n) is 6.41. The van der Waals surface area contributed by atoms with Gasteiger partial charge in [0.1, 0.15) is 9.84 Å². The van der Waals surface area contributed by atoms with Gasteiger partial charge in [-0.2, -0.15) is 0 Å². The van der Waals surface area contributed by atoms with Crippen LogP contribution in [0.25, 0.3) is 0 Å². The quantitative estimate of drug-likeness (QED) is 0.614. The molecule has 7 heteroatoms. The van der Waals surface area contributed by atoms with E-state index in [0.717, 1.165) is 18.2 Å². The van der Waals surface area contributed by atoms with Crippen molar-refractivity contribution in [2.45, 2.75) is 31.4 Å². The Balaban J connectivity index is 2.06. The predicted molar refractivity (Wildman–Crippen MR) is 96.2 cm³/mol. The Morgan fingerprint density at radius 3 is 2.60 bits per heavy atom. The summed E-state index contributed by atoms with van der Waals surface area (Å²) < 4.78 is 33.7. The van der Waals surface area contributed by atoms with Crippen molar-refractivity contribution in [1.82, 2.24) is 4.90 Å². The van der Waals surface area contributed by atoms with Crippen LogP contribution in [0.4, 0.5) is 0 Å². The zero-order chi connectivity index (χ0) is 18.3. The molecule has 0 N–H and O–H groups in total. The van der Waals surface area contributed by atoms with Crippen molar-refractivity contribution in [1.29, 1.82) is 0 Å². The lowest BCUT2D eigenvalue weighted by Crippen LogP contribution is -2.42. The maximum absolute atomic E-state index is 12.5. The van der Waals surface area contributed by atoms with Crippen LogP contribution in [0, 0.1) is 0 Å². The van der Waals surface area contributed by atoms with E-state index >= 15 is 0 Å². The number of amides is 1. The van der Waals surface area contributed by atoms with Gasteiger partial charge in [0, 0.05) is 26.3 Å². The van der Waals surface area contributed by atoms with E-state index in [1.807, 2.05) is 30.3 Å². The summed E-state index contributed by atoms with van der Waals surface area (Å²) in [7, 11) is -1.53. The van der Waals surface area contributed by atoms with Crippen molar-refractivity contribution in [3.05, 3.63) is 35.9 Å². The number of nitrogens with zero attached hydrogens (tertiary/aromatic N) is 1. The number of rotatable bonds is 9. The van der Waals surface area contributed by atoms with Crippen LogP contribution in [0.2, 0.25) is 0 Å². The van der Waals surface area contributed by atoms with Crippen LogP contribution in [0.5, 0.6) is 0 Å². The highest BCUT2D eigenvalue weighted by atomic mass is 32.2. The highest BCUT2D eigenvalue weighted by molar-refractivity contribution is 7.90. The monoisotopic (exact) mass is 369 g/mol. The van der Waals surface area contributed by atoms with E-state index in [2.05, 4.69) is 0 Å². The fraction of sp³-hybridized carbons (Fsp3) is 0.611. The first-order chi connectivity index (χ1) is 11.9. The second-order valence-corrected chi connectivity index (χ2v) is 8.67. The van der Waals surface area contributed by atoms with E-state index in [9.17, 15) is 13.2 Å². The summed E-state index contributed by atoms with van der Waals surface area (Å²) in [6, 6.07) is 9.89. The van der Waals surface area contributed by atoms with E-state index < -0.39 is 9.84 Å². The van der Waals surface area contributed by atoms with Gasteiger partial charge in [-0.25, -0.2) is 8.42 Å². The average Bonchev–Trinajstić information content (AvgIpc) is 2.96. The van der Waals surface area contributed by atoms with E-state index in [0.29, 0.717) is 26.2 Å². The molecule has 0 bridgehead atoms. The molecule has 1 aliphatic heterocycles. The SMILES string of the molecule is COCCO[C@@H]1CCN(C(=O)CCS(C)(=O)=O)[C@H]1Cc1ccccc1. The minimum atomic E-state index is -3.15. The largest absolute Gasteiger partial charge is 0.382 e. The lowest BCUT2D eigenvalue weighted by molar-refractivity contribution is -0.133. The van der Waals surface area contributed by atoms with Gasteiger partial charge >= 0.3 is 0 Å². The third-order valence-corrected chi connectivity index (χ3v) is 5.34. The first-order valence-electron chi connectivity index (χ1n) is 8.52. The normalized spacial score (nSPS) is 20.8. The minimum Gasteiger partial charge on any atom is -0.382 e. The van der Waals surface area contributed by atoms with Gasteiger partial charge in [0.2, 0.25) is 5.91 Å². The summed E-state index contributed by atoms with van der Waals surface area (Å²) in [5.41, 5.74) is 1.13. The Bertz CT molecular complexity index is 647. The molecule has 25 heavy (non-hydrogen) atoms. The fourth-order valence-electron chi connectivity index (χ4n) is 3.13. The van der Waals surface area contributed by atoms with Crippen LogP contribution in [0.1, 0.15) is 18.4 Å². The molecule has 0 unspecified atom stereocenters. The van der Waals surface area contributed by atoms with Gasteiger partial charge in [-0.05, 0) is 18.4 Å². The van der Waals surface area contributed by atoms with Crippen LogP contribution < -0.4 is 0 Å². The number of methoxy groups -OCH3 is 1. The smallest absolute Gasteiger partial charge is 0.223 e. The Labute approximate surface area is 150 Å². The maximum atomic E-state index is 12.5. The van der Waals surface area contributed by atoms with E-state index in [-0.39, 0.29) is 30.2 Å². The third kappa shape index (κ3) is 6.41. The highest BCUT2D eigenvalue weighted by Crippen LogP contribution is 2.25. The molecular formula is C18H27NO5S. The van der Waals surface area contributed by atoms with E-state index in [1.165, 1.54) is 0 Å². The number of carbonyl (C=O) groups excluding carboxylic acids is 1. The minimum absolute atomic E-state index is 0.0227. The Morgan fingerprint density at radius 1 is 1.24 bits per heavy atom. The van der Waals surface area contributed by atoms with Crippen molar-refractivity contribution in [2.24, 2.45) is 0 Å². The summed E-state index contributed by atoms with van der Waals surface area (Å²) in [6.07, 6.45) is 2.57. The van der Waals surface area contributed by atoms with Gasteiger partial charge in [0.05, 0.1) is 31.1 Å². The molecule has 1 aromatic rings. The highest BCUT2D eigenvalue weighted by Gasteiger charge is 2.37. The van der Waals surface area contributed by atoms with Crippen LogP contribution in [0.3, 0.4) is 0 Å². The predicted octanol–water partition coefficient (Wildman–Crippen LogP) is 1.30. The topological polar surface area (TPSA) is 72.9 Å². The van der Waals surface area contributed by atoms with Gasteiger partial charge in [0.15, 0.2) is 0 Å². The molecule has 1 heterocycles. The standard InChI is InChI=1S/C18H27NO5S/c1-23-11-12-24-17-8-10-19(18(20)9-13-25(2,21)22)16(17)14-15-6-4-3-5-7-15/h3-7,16-17H,8-14H2,1-2H3/t16-,17+/m0/s1. The van der Waals surface area contributed by atoms with Gasteiger partial charge in [-0.1, -0.05) is 30.3 Å². The van der Waals surface area contributed by atoms with Crippen molar-refractivity contribution in [3.63, 3.8) is 0 Å². The molecule has 1 aromatic carbocycles. The number of ether oxygens (including phenoxy) is 2. The van der Waals surface area contributed by atoms with Crippen molar-refractivity contribution >= 4 is 15.7 Å². The molecule has 140 valence electrons. The third-order valence-electron chi connectivity index (χ3n) is 4.40. The molecule has 2 atom stereocenters. The van der Waals surface area contributed by atoms with Gasteiger partial charge in [-0.3, -0.25) is 4.79 Å². The number of likely N-dealkylation sites (tertiary alicyclic amines) is 1. The Kier molecular flexibility index (Phi) is 7.40. The van der Waals surface area contributed by atoms with Gasteiger partial charge in [-0.15, -0.1) is 0 Å². The zero-order valence-corrected chi connectivity index (χ0v) is 15.7. The molecule has 1 fully saturated rings. The molecule has 0 aliphatic carbocycles. The maximum Gasteiger partial charge on any atom is 0.223 e. The van der Waals surface area contributed by atoms with Crippen molar-refractivity contribution < 1.29 is 22.7 Å². The number of carbonyl (C=O) groups is 1. The molecule has 0 saturated carbocycles. The molecular weight excluding hydrogens is 342 g/mol. The number of sulfone groups is 1. The number of hydrogen-bond donors (Lipinski definition) is 0. The lowest BCUT2D eigenvalue weighted by atomic mass is 10.0. The second kappa shape index (κ2) is 9.31. The summed E-state index contributed by atoms with van der Waals surface area (Å²) in [5, 5.41) is 0. The molecule has 0 spiro atoms. The van der Waals surface area contributed by atoms with Crippen molar-refractivity contribution in [2.75, 3.05) is 38.9 Å². The van der Waals surface area contributed by atoms with Crippen LogP contribution in [-0.4, -0.2) is 70.2 Å². The van der Waals surface area contributed by atoms with Crippen LogP contribution in [0.15, 0.2) is 30.3 Å². The number of benzene rings is 1. The van der Waals surface area contributed by atoms with E-state index in [1.54, 1.807) is 12.0 Å². The summed E-state index contributed by atoms with van der Waals surface area (Å²) in [6.45, 7) is 1.59. The van der Waals surface area contributed by atoms with Crippen LogP contribution >= 0.6 is 0 Å². The molecule has 1 saturated heterocycles. The molecule has 1 aliphatic rings. The molecule has 6 nitrogen and oxygen atoms in total. The summed E-state index contributed by atoms with van der Waals surface area (Å²) in [4.78, 5) is 14.3. The first-order valence-corrected chi connectivity index (χ1v) is 10.6. The first kappa shape index (κ1) is 19.9. The van der Waals surface area contributed by atoms with E-state index in [4.69, 9.17) is 9.47 Å². The van der Waals surface area contributed by atoms with Crippen LogP contribution in [-0.2, 0) is 30.5 Å². The lowest BCUT2D eigenvalue weighted by Gasteiger charge is -2.28. The number of hydrogen-bond acceptors (Lipinski definition) is 5. The summed E-state index contributed by atoms with van der Waals surface area (Å²) in [5.74, 6) is -0.237. The van der Waals surface area contributed by atoms with Crippen molar-refractivity contribution in [3.8, 4) is 0 Å². The molecule has 2 rings (SSSR count). The summed E-state index contributed by atoms with van der Waals surface area (Å²) >= 11 is 0. The van der Waals surface area contributed by atoms with Gasteiger partial charge < -0.3 is 14.4 Å². The fourth-order valence-corrected chi connectivity index (χ4v) is 3.67. The Morgan fingerprint density at radius 2 is 1.96 bits per heavy atom. The molecule has 0 aromatic heterocycles. The average molecular weight is 369 g/mol. The molecule has 1 amide bonds. The molecule has 0 radical (unpaired) electrons. The zero-order valence-electron chi connectivity index (χ0n) is 14.9. The Hall–Kier alpha value is -1.44.